The number of fused-ring (bicyclic) bond motifs is 2. The molecular formula is C48H72N4O10. The average molecular weight is 865 g/mol. The van der Waals surface area contributed by atoms with Gasteiger partial charge in [0.2, 0.25) is 0 Å². The van der Waals surface area contributed by atoms with E-state index in [2.05, 4.69) is 14.9 Å². The van der Waals surface area contributed by atoms with Gasteiger partial charge in [0.15, 0.2) is 17.7 Å². The number of methoxy groups -OCH3 is 1. The van der Waals surface area contributed by atoms with Gasteiger partial charge in [0.1, 0.15) is 23.6 Å². The Labute approximate surface area is 368 Å². The van der Waals surface area contributed by atoms with Crippen molar-refractivity contribution in [2.75, 3.05) is 21.2 Å². The summed E-state index contributed by atoms with van der Waals surface area (Å²) in [5.41, 5.74) is -0.272. The SMILES string of the molecule is CC[C@H]1OC(=O)[C@H](C)C(=O)[C@H](C)[C@@H](O[C@H]2C[C@@H](N(C)C)C[C@@H](C)O2)[C@](CC)(OC)C[C@@H](C)C(=O)[C@H](C)[C@H]2N(C3CCC(CCCc4c(O)cnc5cccnc45)C3)C(=O)O[C@]12C. The van der Waals surface area contributed by atoms with Crippen LogP contribution in [0.1, 0.15) is 125 Å². The molecule has 4 aliphatic rings. The predicted molar refractivity (Wildman–Crippen MR) is 233 cm³/mol. The van der Waals surface area contributed by atoms with Crippen LogP contribution in [0.4, 0.5) is 4.79 Å². The van der Waals surface area contributed by atoms with Gasteiger partial charge in [-0.3, -0.25) is 29.3 Å². The summed E-state index contributed by atoms with van der Waals surface area (Å²) in [7, 11) is 5.65. The van der Waals surface area contributed by atoms with E-state index in [4.69, 9.17) is 23.7 Å². The van der Waals surface area contributed by atoms with Gasteiger partial charge in [-0.2, -0.15) is 0 Å². The number of hydrogen-bond donors (Lipinski definition) is 1. The van der Waals surface area contributed by atoms with Crippen LogP contribution in [0.2, 0.25) is 0 Å². The van der Waals surface area contributed by atoms with Gasteiger partial charge in [0, 0.05) is 55.1 Å². The Morgan fingerprint density at radius 3 is 2.40 bits per heavy atom. The van der Waals surface area contributed by atoms with Crippen molar-refractivity contribution in [2.45, 2.75) is 180 Å². The number of esters is 1. The van der Waals surface area contributed by atoms with Crippen LogP contribution in [-0.2, 0) is 44.5 Å². The van der Waals surface area contributed by atoms with E-state index < -0.39 is 71.5 Å². The first-order valence-corrected chi connectivity index (χ1v) is 23.1. The maximum Gasteiger partial charge on any atom is 0.411 e. The van der Waals surface area contributed by atoms with Gasteiger partial charge in [-0.05, 0) is 111 Å². The predicted octanol–water partition coefficient (Wildman–Crippen LogP) is 7.45. The number of carbonyl (C=O) groups is 4. The lowest BCUT2D eigenvalue weighted by atomic mass is 9.72. The summed E-state index contributed by atoms with van der Waals surface area (Å²) >= 11 is 0. The number of Topliss-reactive ketones (excluding diaryl/α,β-unsaturated/α-hetero) is 2. The molecule has 3 saturated heterocycles. The van der Waals surface area contributed by atoms with Crippen LogP contribution in [0, 0.1) is 29.6 Å². The minimum atomic E-state index is -1.38. The van der Waals surface area contributed by atoms with Crippen LogP contribution in [-0.4, -0.2) is 124 Å². The molecule has 0 aromatic carbocycles. The molecule has 6 rings (SSSR count). The minimum absolute atomic E-state index is 0.0773. The number of ketones is 2. The maximum atomic E-state index is 15.0. The Bertz CT molecular complexity index is 1920. The van der Waals surface area contributed by atoms with Gasteiger partial charge in [-0.15, -0.1) is 0 Å². The highest BCUT2D eigenvalue weighted by Crippen LogP contribution is 2.47. The molecule has 0 radical (unpaired) electrons. The molecule has 14 nitrogen and oxygen atoms in total. The number of aromatic hydroxyl groups is 1. The Morgan fingerprint density at radius 2 is 1.73 bits per heavy atom. The molecule has 5 heterocycles. The van der Waals surface area contributed by atoms with Crippen LogP contribution in [0.5, 0.6) is 5.75 Å². The molecule has 344 valence electrons. The van der Waals surface area contributed by atoms with Crippen LogP contribution in [0.25, 0.3) is 11.0 Å². The lowest BCUT2D eigenvalue weighted by Gasteiger charge is -2.47. The normalized spacial score (nSPS) is 37.6. The molecule has 2 aromatic rings. The molecule has 0 bridgehead atoms. The zero-order chi connectivity index (χ0) is 45.3. The summed E-state index contributed by atoms with van der Waals surface area (Å²) in [5, 5.41) is 10.7. The fourth-order valence-corrected chi connectivity index (χ4v) is 11.5. The number of nitrogens with zero attached hydrogens (tertiary/aromatic N) is 4. The van der Waals surface area contributed by atoms with Crippen molar-refractivity contribution in [3.63, 3.8) is 0 Å². The van der Waals surface area contributed by atoms with Gasteiger partial charge in [-0.25, -0.2) is 4.79 Å². The molecule has 4 fully saturated rings. The van der Waals surface area contributed by atoms with E-state index in [1.54, 1.807) is 39.0 Å². The lowest BCUT2D eigenvalue weighted by Crippen LogP contribution is -2.60. The number of rotatable bonds is 11. The number of aryl methyl sites for hydroxylation is 1. The first-order valence-electron chi connectivity index (χ1n) is 23.1. The first-order chi connectivity index (χ1) is 29.4. The van der Waals surface area contributed by atoms with E-state index >= 15 is 4.79 Å². The first kappa shape index (κ1) is 47.8. The van der Waals surface area contributed by atoms with E-state index in [1.165, 1.54) is 6.20 Å². The highest BCUT2D eigenvalue weighted by molar-refractivity contribution is 6.00. The van der Waals surface area contributed by atoms with Crippen molar-refractivity contribution in [3.8, 4) is 5.75 Å². The molecule has 0 spiro atoms. The zero-order valence-corrected chi connectivity index (χ0v) is 38.9. The third-order valence-electron chi connectivity index (χ3n) is 15.1. The van der Waals surface area contributed by atoms with Crippen LogP contribution in [0.3, 0.4) is 0 Å². The number of amides is 1. The van der Waals surface area contributed by atoms with E-state index in [1.807, 2.05) is 60.8 Å². The molecule has 3 aliphatic heterocycles. The summed E-state index contributed by atoms with van der Waals surface area (Å²) in [6, 6.07) is 2.95. The Hall–Kier alpha value is -3.72. The van der Waals surface area contributed by atoms with Crippen molar-refractivity contribution in [1.82, 2.24) is 19.8 Å². The third kappa shape index (κ3) is 9.40. The van der Waals surface area contributed by atoms with E-state index in [0.29, 0.717) is 37.1 Å². The number of ether oxygens (including phenoxy) is 5. The number of cyclic esters (lactones) is 1. The highest BCUT2D eigenvalue weighted by atomic mass is 16.7. The standard InChI is InChI=1S/C48H72N4O10/c1-12-38-47(8)43(52(46(57)62-47)33-20-19-32(23-33)16-14-17-35-37(53)26-50-36-18-15-21-49-40(35)36)29(5)41(54)27(3)25-48(13-2,58-11)44(30(6)42(55)31(7)45(56)60-38)61-39-24-34(51(9)10)22-28(4)59-39/h15,18,21,26-34,38-39,43-44,53H,12-14,16-17,19-20,22-25H2,1-11H3/t27-,28-,29+,30+,31-,32?,33?,34+,38-,39+,43-,44-,47-,48-/m1/s1. The second-order valence-electron chi connectivity index (χ2n) is 19.3. The Kier molecular flexibility index (Phi) is 15.1. The number of carbonyl (C=O) groups excluding carboxylic acids is 4. The van der Waals surface area contributed by atoms with Crippen molar-refractivity contribution < 1.29 is 48.0 Å². The third-order valence-corrected chi connectivity index (χ3v) is 15.1. The summed E-state index contributed by atoms with van der Waals surface area (Å²) in [4.78, 5) is 70.7. The number of aromatic nitrogens is 2. The molecule has 14 atom stereocenters. The summed E-state index contributed by atoms with van der Waals surface area (Å²) in [6.45, 7) is 14.7. The van der Waals surface area contributed by atoms with Crippen molar-refractivity contribution in [3.05, 3.63) is 30.1 Å². The molecule has 2 unspecified atom stereocenters. The molecule has 62 heavy (non-hydrogen) atoms. The smallest absolute Gasteiger partial charge is 0.411 e. The average Bonchev–Trinajstić information content (AvgIpc) is 3.83. The van der Waals surface area contributed by atoms with Crippen molar-refractivity contribution in [2.24, 2.45) is 29.6 Å². The molecule has 1 N–H and O–H groups in total. The van der Waals surface area contributed by atoms with E-state index in [-0.39, 0.29) is 41.9 Å². The largest absolute Gasteiger partial charge is 0.506 e. The summed E-state index contributed by atoms with van der Waals surface area (Å²) in [6.07, 6.45) is 7.15. The second kappa shape index (κ2) is 19.6. The quantitative estimate of drug-likeness (QED) is 0.175. The van der Waals surface area contributed by atoms with Gasteiger partial charge in [-0.1, -0.05) is 41.0 Å². The maximum absolute atomic E-state index is 15.0. The topological polar surface area (TPSA) is 167 Å². The number of pyridine rings is 2. The van der Waals surface area contributed by atoms with Crippen molar-refractivity contribution >= 4 is 34.7 Å². The van der Waals surface area contributed by atoms with E-state index in [0.717, 1.165) is 49.6 Å². The zero-order valence-electron chi connectivity index (χ0n) is 38.9. The fraction of sp³-hybridized carbons (Fsp3) is 0.750. The molecule has 2 aromatic heterocycles. The van der Waals surface area contributed by atoms with Crippen LogP contribution < -0.4 is 0 Å². The van der Waals surface area contributed by atoms with Crippen LogP contribution >= 0.6 is 0 Å². The Balaban J connectivity index is 1.29. The monoisotopic (exact) mass is 865 g/mol. The fourth-order valence-electron chi connectivity index (χ4n) is 11.5. The van der Waals surface area contributed by atoms with Gasteiger partial charge in [0.05, 0.1) is 41.1 Å². The second-order valence-corrected chi connectivity index (χ2v) is 19.3. The van der Waals surface area contributed by atoms with Gasteiger partial charge < -0.3 is 33.7 Å². The van der Waals surface area contributed by atoms with Crippen molar-refractivity contribution in [1.29, 1.82) is 0 Å². The lowest BCUT2D eigenvalue weighted by molar-refractivity contribution is -0.266. The molecular weight excluding hydrogens is 793 g/mol. The molecule has 1 aliphatic carbocycles. The Morgan fingerprint density at radius 1 is 0.984 bits per heavy atom. The highest BCUT2D eigenvalue weighted by Gasteiger charge is 2.62. The van der Waals surface area contributed by atoms with E-state index in [9.17, 15) is 19.5 Å². The summed E-state index contributed by atoms with van der Waals surface area (Å²) < 4.78 is 32.2. The summed E-state index contributed by atoms with van der Waals surface area (Å²) in [5.74, 6) is -4.00. The number of hydrogen-bond acceptors (Lipinski definition) is 13. The molecule has 1 amide bonds. The van der Waals surface area contributed by atoms with Gasteiger partial charge >= 0.3 is 12.1 Å². The van der Waals surface area contributed by atoms with Gasteiger partial charge in [0.25, 0.3) is 0 Å². The molecule has 1 saturated carbocycles. The molecule has 14 heteroatoms. The minimum Gasteiger partial charge on any atom is -0.506 e. The van der Waals surface area contributed by atoms with Crippen LogP contribution in [0.15, 0.2) is 24.5 Å².